The van der Waals surface area contributed by atoms with Gasteiger partial charge in [-0.2, -0.15) is 0 Å². The molecule has 0 saturated heterocycles. The van der Waals surface area contributed by atoms with Gasteiger partial charge in [-0.1, -0.05) is 19.1 Å². The van der Waals surface area contributed by atoms with Crippen molar-refractivity contribution in [2.24, 2.45) is 0 Å². The molecule has 0 radical (unpaired) electrons. The first-order valence-electron chi connectivity index (χ1n) is 7.66. The number of nitrogens with one attached hydrogen (secondary N) is 1. The summed E-state index contributed by atoms with van der Waals surface area (Å²) in [7, 11) is 0. The van der Waals surface area contributed by atoms with Gasteiger partial charge in [-0.25, -0.2) is 0 Å². The van der Waals surface area contributed by atoms with Crippen molar-refractivity contribution < 1.29 is 9.47 Å². The molecule has 0 fully saturated rings. The molecule has 0 aliphatic carbocycles. The van der Waals surface area contributed by atoms with Gasteiger partial charge < -0.3 is 14.8 Å². The van der Waals surface area contributed by atoms with E-state index >= 15 is 0 Å². The van der Waals surface area contributed by atoms with Gasteiger partial charge in [0.25, 0.3) is 0 Å². The molecule has 0 aromatic heterocycles. The van der Waals surface area contributed by atoms with Gasteiger partial charge in [0, 0.05) is 6.04 Å². The molecule has 1 aromatic rings. The van der Waals surface area contributed by atoms with E-state index in [1.807, 2.05) is 12.1 Å². The van der Waals surface area contributed by atoms with E-state index in [9.17, 15) is 0 Å². The lowest BCUT2D eigenvalue weighted by atomic mass is 10.2. The average molecular weight is 279 g/mol. The highest BCUT2D eigenvalue weighted by atomic mass is 16.5. The molecular formula is C17H29NO2. The maximum absolute atomic E-state index is 5.81. The van der Waals surface area contributed by atoms with Gasteiger partial charge in [-0.3, -0.25) is 0 Å². The average Bonchev–Trinajstić information content (AvgIpc) is 2.41. The molecule has 0 spiro atoms. The van der Waals surface area contributed by atoms with Crippen LogP contribution in [0.4, 0.5) is 0 Å². The Morgan fingerprint density at radius 1 is 1.25 bits per heavy atom. The van der Waals surface area contributed by atoms with Crippen LogP contribution in [0.1, 0.15) is 39.2 Å². The maximum Gasteiger partial charge on any atom is 0.119 e. The fourth-order valence-corrected chi connectivity index (χ4v) is 1.93. The lowest BCUT2D eigenvalue weighted by Gasteiger charge is -2.20. The highest BCUT2D eigenvalue weighted by Gasteiger charge is 2.09. The normalized spacial score (nSPS) is 12.7. The number of hydrogen-bond acceptors (Lipinski definition) is 3. The molecule has 0 bridgehead atoms. The minimum Gasteiger partial charge on any atom is -0.494 e. The summed E-state index contributed by atoms with van der Waals surface area (Å²) in [5, 5.41) is 3.52. The minimum atomic E-state index is 0.276. The summed E-state index contributed by atoms with van der Waals surface area (Å²) in [5.41, 5.74) is 1.23. The molecule has 114 valence electrons. The zero-order valence-electron chi connectivity index (χ0n) is 13.3. The molecule has 0 heterocycles. The first-order valence-corrected chi connectivity index (χ1v) is 7.66. The van der Waals surface area contributed by atoms with Crippen LogP contribution in [0.2, 0.25) is 0 Å². The van der Waals surface area contributed by atoms with E-state index in [1.54, 1.807) is 0 Å². The van der Waals surface area contributed by atoms with Crippen LogP contribution in [0.5, 0.6) is 5.75 Å². The third-order valence-electron chi connectivity index (χ3n) is 3.04. The van der Waals surface area contributed by atoms with Crippen LogP contribution in [-0.2, 0) is 4.74 Å². The summed E-state index contributed by atoms with van der Waals surface area (Å²) >= 11 is 0. The van der Waals surface area contributed by atoms with Crippen molar-refractivity contribution in [1.29, 1.82) is 0 Å². The van der Waals surface area contributed by atoms with Gasteiger partial charge in [0.15, 0.2) is 0 Å². The number of rotatable bonds is 10. The van der Waals surface area contributed by atoms with Crippen molar-refractivity contribution in [3.8, 4) is 5.75 Å². The zero-order chi connectivity index (χ0) is 14.8. The Bertz CT molecular complexity index is 366. The molecule has 0 aliphatic heterocycles. The van der Waals surface area contributed by atoms with Crippen LogP contribution in [0, 0.1) is 6.92 Å². The highest BCUT2D eigenvalue weighted by Crippen LogP contribution is 2.12. The predicted octanol–water partition coefficient (Wildman–Crippen LogP) is 3.56. The molecule has 3 nitrogen and oxygen atoms in total. The maximum atomic E-state index is 5.81. The Hall–Kier alpha value is -1.06. The lowest BCUT2D eigenvalue weighted by molar-refractivity contribution is 0.0565. The fraction of sp³-hybridized carbons (Fsp3) is 0.647. The Morgan fingerprint density at radius 2 is 2.05 bits per heavy atom. The predicted molar refractivity (Wildman–Crippen MR) is 84.5 cm³/mol. The molecular weight excluding hydrogens is 250 g/mol. The third kappa shape index (κ3) is 7.51. The lowest BCUT2D eigenvalue weighted by Crippen LogP contribution is -2.36. The van der Waals surface area contributed by atoms with Crippen molar-refractivity contribution in [1.82, 2.24) is 5.32 Å². The molecule has 1 aromatic carbocycles. The summed E-state index contributed by atoms with van der Waals surface area (Å²) in [6.07, 6.45) is 2.37. The summed E-state index contributed by atoms with van der Waals surface area (Å²) in [4.78, 5) is 0. The molecule has 20 heavy (non-hydrogen) atoms. The Labute approximate surface area is 123 Å². The van der Waals surface area contributed by atoms with Crippen molar-refractivity contribution >= 4 is 0 Å². The van der Waals surface area contributed by atoms with E-state index in [1.165, 1.54) is 5.56 Å². The quantitative estimate of drug-likeness (QED) is 0.710. The smallest absolute Gasteiger partial charge is 0.119 e. The SMILES string of the molecule is CCCNC(CCOc1cccc(C)c1)COC(C)C. The topological polar surface area (TPSA) is 30.5 Å². The Balaban J connectivity index is 2.32. The molecule has 1 rings (SSSR count). The van der Waals surface area contributed by atoms with E-state index in [-0.39, 0.29) is 6.10 Å². The molecule has 1 N–H and O–H groups in total. The van der Waals surface area contributed by atoms with Crippen LogP contribution < -0.4 is 10.1 Å². The van der Waals surface area contributed by atoms with Crippen molar-refractivity contribution in [2.75, 3.05) is 19.8 Å². The van der Waals surface area contributed by atoms with Crippen LogP contribution in [-0.4, -0.2) is 31.9 Å². The summed E-state index contributed by atoms with van der Waals surface area (Å²) in [5.74, 6) is 0.948. The van der Waals surface area contributed by atoms with E-state index in [0.717, 1.165) is 31.7 Å². The summed E-state index contributed by atoms with van der Waals surface area (Å²) in [6, 6.07) is 8.54. The van der Waals surface area contributed by atoms with Crippen LogP contribution in [0.3, 0.4) is 0 Å². The Kier molecular flexibility index (Phi) is 8.31. The second-order valence-corrected chi connectivity index (χ2v) is 5.49. The highest BCUT2D eigenvalue weighted by molar-refractivity contribution is 5.27. The van der Waals surface area contributed by atoms with Crippen LogP contribution >= 0.6 is 0 Å². The van der Waals surface area contributed by atoms with E-state index in [0.29, 0.717) is 12.6 Å². The van der Waals surface area contributed by atoms with Gasteiger partial charge in [-0.05, 0) is 57.9 Å². The number of benzene rings is 1. The third-order valence-corrected chi connectivity index (χ3v) is 3.04. The molecule has 1 atom stereocenters. The van der Waals surface area contributed by atoms with E-state index in [2.05, 4.69) is 45.1 Å². The van der Waals surface area contributed by atoms with Gasteiger partial charge in [0.2, 0.25) is 0 Å². The molecule has 0 aliphatic rings. The molecule has 1 unspecified atom stereocenters. The van der Waals surface area contributed by atoms with Crippen molar-refractivity contribution in [3.05, 3.63) is 29.8 Å². The second kappa shape index (κ2) is 9.78. The monoisotopic (exact) mass is 279 g/mol. The Morgan fingerprint density at radius 3 is 2.70 bits per heavy atom. The van der Waals surface area contributed by atoms with Gasteiger partial charge >= 0.3 is 0 Å². The van der Waals surface area contributed by atoms with Crippen LogP contribution in [0.25, 0.3) is 0 Å². The van der Waals surface area contributed by atoms with E-state index < -0.39 is 0 Å². The summed E-state index contributed by atoms with van der Waals surface area (Å²) < 4.78 is 11.5. The number of ether oxygens (including phenoxy) is 2. The first-order chi connectivity index (χ1) is 9.61. The molecule has 3 heteroatoms. The standard InChI is InChI=1S/C17H29NO2/c1-5-10-18-16(13-20-14(2)3)9-11-19-17-8-6-7-15(4)12-17/h6-8,12,14,16,18H,5,9-11,13H2,1-4H3. The summed E-state index contributed by atoms with van der Waals surface area (Å²) in [6.45, 7) is 10.9. The van der Waals surface area contributed by atoms with Crippen LogP contribution in [0.15, 0.2) is 24.3 Å². The fourth-order valence-electron chi connectivity index (χ4n) is 1.93. The first kappa shape index (κ1) is 17.0. The number of aryl methyl sites for hydroxylation is 1. The number of hydrogen-bond donors (Lipinski definition) is 1. The molecule has 0 saturated carbocycles. The van der Waals surface area contributed by atoms with Crippen molar-refractivity contribution in [3.63, 3.8) is 0 Å². The van der Waals surface area contributed by atoms with E-state index in [4.69, 9.17) is 9.47 Å². The second-order valence-electron chi connectivity index (χ2n) is 5.49. The van der Waals surface area contributed by atoms with Crippen molar-refractivity contribution in [2.45, 2.75) is 52.7 Å². The minimum absolute atomic E-state index is 0.276. The van der Waals surface area contributed by atoms with Gasteiger partial charge in [0.1, 0.15) is 5.75 Å². The van der Waals surface area contributed by atoms with Gasteiger partial charge in [0.05, 0.1) is 19.3 Å². The molecule has 0 amide bonds. The zero-order valence-corrected chi connectivity index (χ0v) is 13.3. The largest absolute Gasteiger partial charge is 0.494 e. The van der Waals surface area contributed by atoms with Gasteiger partial charge in [-0.15, -0.1) is 0 Å².